The number of aryl methyl sites for hydroxylation is 2. The van der Waals surface area contributed by atoms with Gasteiger partial charge in [0.2, 0.25) is 0 Å². The van der Waals surface area contributed by atoms with Crippen LogP contribution in [-0.2, 0) is 6.54 Å². The molecule has 0 aliphatic carbocycles. The summed E-state index contributed by atoms with van der Waals surface area (Å²) < 4.78 is 0. The second-order valence-corrected chi connectivity index (χ2v) is 8.01. The van der Waals surface area contributed by atoms with Crippen LogP contribution in [0.25, 0.3) is 0 Å². The van der Waals surface area contributed by atoms with Crippen LogP contribution in [0.4, 0.5) is 16.2 Å². The van der Waals surface area contributed by atoms with Crippen molar-refractivity contribution in [2.75, 3.05) is 23.3 Å². The zero-order chi connectivity index (χ0) is 21.8. The number of carbonyl (C=O) groups is 2. The molecule has 0 bridgehead atoms. The number of anilines is 2. The molecule has 1 aliphatic rings. The molecule has 4 rings (SSSR count). The largest absolute Gasteiger partial charge is 0.324 e. The van der Waals surface area contributed by atoms with Gasteiger partial charge in [-0.15, -0.1) is 0 Å². The Labute approximate surface area is 183 Å². The lowest BCUT2D eigenvalue weighted by molar-refractivity contribution is 0.102. The number of benzene rings is 3. The minimum Gasteiger partial charge on any atom is -0.322 e. The Morgan fingerprint density at radius 3 is 2.45 bits per heavy atom. The highest BCUT2D eigenvalue weighted by atomic mass is 16.2. The van der Waals surface area contributed by atoms with E-state index >= 15 is 0 Å². The highest BCUT2D eigenvalue weighted by molar-refractivity contribution is 6.05. The molecular formula is C26H27N3O2. The molecule has 5 heteroatoms. The van der Waals surface area contributed by atoms with Crippen LogP contribution < -0.4 is 10.2 Å². The van der Waals surface area contributed by atoms with Crippen molar-refractivity contribution < 1.29 is 9.59 Å². The molecule has 3 aromatic rings. The van der Waals surface area contributed by atoms with Crippen LogP contribution in [0.5, 0.6) is 0 Å². The molecule has 3 amide bonds. The van der Waals surface area contributed by atoms with Gasteiger partial charge in [-0.05, 0) is 61.7 Å². The molecule has 3 aromatic carbocycles. The van der Waals surface area contributed by atoms with Crippen molar-refractivity contribution in [3.63, 3.8) is 0 Å². The molecule has 1 saturated heterocycles. The quantitative estimate of drug-likeness (QED) is 0.610. The molecule has 0 spiro atoms. The first-order valence-electron chi connectivity index (χ1n) is 10.6. The molecule has 31 heavy (non-hydrogen) atoms. The first kappa shape index (κ1) is 20.7. The highest BCUT2D eigenvalue weighted by Gasteiger charge is 2.26. The first-order valence-corrected chi connectivity index (χ1v) is 10.6. The summed E-state index contributed by atoms with van der Waals surface area (Å²) in [5.74, 6) is -0.135. The summed E-state index contributed by atoms with van der Waals surface area (Å²) in [5, 5.41) is 2.93. The Morgan fingerprint density at radius 1 is 0.935 bits per heavy atom. The Bertz CT molecular complexity index is 1090. The molecule has 0 unspecified atom stereocenters. The van der Waals surface area contributed by atoms with E-state index in [9.17, 15) is 9.59 Å². The molecule has 1 aliphatic heterocycles. The smallest absolute Gasteiger partial charge is 0.322 e. The molecule has 5 nitrogen and oxygen atoms in total. The van der Waals surface area contributed by atoms with Gasteiger partial charge in [-0.25, -0.2) is 4.79 Å². The van der Waals surface area contributed by atoms with Crippen LogP contribution in [0.1, 0.15) is 33.5 Å². The number of amides is 3. The zero-order valence-corrected chi connectivity index (χ0v) is 18.0. The lowest BCUT2D eigenvalue weighted by Crippen LogP contribution is -2.49. The van der Waals surface area contributed by atoms with Crippen molar-refractivity contribution in [3.05, 3.63) is 95.1 Å². The van der Waals surface area contributed by atoms with Gasteiger partial charge in [0.25, 0.3) is 5.91 Å². The Balaban J connectivity index is 1.44. The van der Waals surface area contributed by atoms with Crippen molar-refractivity contribution in [1.29, 1.82) is 0 Å². The molecule has 1 fully saturated rings. The number of urea groups is 1. The number of rotatable bonds is 5. The normalized spacial score (nSPS) is 13.9. The van der Waals surface area contributed by atoms with E-state index in [-0.39, 0.29) is 11.9 Å². The van der Waals surface area contributed by atoms with E-state index < -0.39 is 0 Å². The van der Waals surface area contributed by atoms with E-state index in [4.69, 9.17) is 0 Å². The predicted octanol–water partition coefficient (Wildman–Crippen LogP) is 5.39. The molecule has 0 aromatic heterocycles. The lowest BCUT2D eigenvalue weighted by atomic mass is 10.1. The predicted molar refractivity (Wildman–Crippen MR) is 125 cm³/mol. The van der Waals surface area contributed by atoms with Gasteiger partial charge in [-0.3, -0.25) is 9.69 Å². The van der Waals surface area contributed by atoms with Crippen LogP contribution in [0.15, 0.2) is 72.8 Å². The standard InChI is InChI=1S/C26H27N3O2/c1-19-7-5-9-21(17-19)18-28-15-6-16-29(26(28)31)23-13-11-22(12-14-23)27-25(30)24-10-4-3-8-20(24)2/h3-5,7-14,17H,6,15-16,18H2,1-2H3,(H,27,30). The topological polar surface area (TPSA) is 52.6 Å². The van der Waals surface area contributed by atoms with Crippen LogP contribution in [-0.4, -0.2) is 29.9 Å². The zero-order valence-electron chi connectivity index (χ0n) is 18.0. The molecule has 1 heterocycles. The van der Waals surface area contributed by atoms with Gasteiger partial charge < -0.3 is 10.2 Å². The summed E-state index contributed by atoms with van der Waals surface area (Å²) in [4.78, 5) is 29.3. The number of hydrogen-bond donors (Lipinski definition) is 1. The third-order valence-electron chi connectivity index (χ3n) is 5.59. The summed E-state index contributed by atoms with van der Waals surface area (Å²) in [7, 11) is 0. The third kappa shape index (κ3) is 4.77. The van der Waals surface area contributed by atoms with Crippen molar-refractivity contribution >= 4 is 23.3 Å². The van der Waals surface area contributed by atoms with Crippen molar-refractivity contribution in [1.82, 2.24) is 4.90 Å². The van der Waals surface area contributed by atoms with Gasteiger partial charge in [0.1, 0.15) is 0 Å². The maximum atomic E-state index is 13.1. The van der Waals surface area contributed by atoms with Crippen molar-refractivity contribution in [2.24, 2.45) is 0 Å². The van der Waals surface area contributed by atoms with Gasteiger partial charge in [-0.2, -0.15) is 0 Å². The summed E-state index contributed by atoms with van der Waals surface area (Å²) >= 11 is 0. The number of nitrogens with zero attached hydrogens (tertiary/aromatic N) is 2. The number of hydrogen-bond acceptors (Lipinski definition) is 2. The summed E-state index contributed by atoms with van der Waals surface area (Å²) in [6, 6.07) is 23.3. The maximum Gasteiger partial charge on any atom is 0.324 e. The molecule has 158 valence electrons. The Kier molecular flexibility index (Phi) is 6.03. The minimum absolute atomic E-state index is 0.0180. The molecule has 0 atom stereocenters. The van der Waals surface area contributed by atoms with E-state index in [1.807, 2.05) is 71.3 Å². The fourth-order valence-electron chi connectivity index (χ4n) is 3.95. The fraction of sp³-hybridized carbons (Fsp3) is 0.231. The monoisotopic (exact) mass is 413 g/mol. The second kappa shape index (κ2) is 9.04. The SMILES string of the molecule is Cc1cccc(CN2CCCN(c3ccc(NC(=O)c4ccccc4C)cc3)C2=O)c1. The highest BCUT2D eigenvalue weighted by Crippen LogP contribution is 2.24. The van der Waals surface area contributed by atoms with Gasteiger partial charge in [0, 0.05) is 36.6 Å². The number of nitrogens with one attached hydrogen (secondary N) is 1. The van der Waals surface area contributed by atoms with E-state index in [0.29, 0.717) is 24.3 Å². The van der Waals surface area contributed by atoms with E-state index in [0.717, 1.165) is 29.8 Å². The van der Waals surface area contributed by atoms with Crippen molar-refractivity contribution in [3.8, 4) is 0 Å². The molecule has 0 saturated carbocycles. The van der Waals surface area contributed by atoms with Gasteiger partial charge >= 0.3 is 6.03 Å². The second-order valence-electron chi connectivity index (χ2n) is 8.01. The molecule has 1 N–H and O–H groups in total. The number of carbonyl (C=O) groups excluding carboxylic acids is 2. The van der Waals surface area contributed by atoms with E-state index in [1.165, 1.54) is 5.56 Å². The minimum atomic E-state index is -0.135. The fourth-order valence-corrected chi connectivity index (χ4v) is 3.95. The molecule has 0 radical (unpaired) electrons. The van der Waals surface area contributed by atoms with Crippen LogP contribution in [0.2, 0.25) is 0 Å². The lowest BCUT2D eigenvalue weighted by Gasteiger charge is -2.35. The van der Waals surface area contributed by atoms with Gasteiger partial charge in [0.15, 0.2) is 0 Å². The van der Waals surface area contributed by atoms with E-state index in [2.05, 4.69) is 30.4 Å². The summed E-state index contributed by atoms with van der Waals surface area (Å²) in [5.41, 5.74) is 5.48. The third-order valence-corrected chi connectivity index (χ3v) is 5.59. The summed E-state index contributed by atoms with van der Waals surface area (Å²) in [6.07, 6.45) is 0.920. The molecular weight excluding hydrogens is 386 g/mol. The first-order chi connectivity index (χ1) is 15.0. The van der Waals surface area contributed by atoms with Crippen LogP contribution >= 0.6 is 0 Å². The summed E-state index contributed by atoms with van der Waals surface area (Å²) in [6.45, 7) is 6.04. The Hall–Kier alpha value is -3.60. The Morgan fingerprint density at radius 2 is 1.71 bits per heavy atom. The van der Waals surface area contributed by atoms with Gasteiger partial charge in [-0.1, -0.05) is 48.0 Å². The van der Waals surface area contributed by atoms with Crippen molar-refractivity contribution in [2.45, 2.75) is 26.8 Å². The average Bonchev–Trinajstić information content (AvgIpc) is 2.76. The van der Waals surface area contributed by atoms with Crippen LogP contribution in [0.3, 0.4) is 0 Å². The average molecular weight is 414 g/mol. The van der Waals surface area contributed by atoms with Gasteiger partial charge in [0.05, 0.1) is 0 Å². The van der Waals surface area contributed by atoms with Crippen LogP contribution in [0, 0.1) is 13.8 Å². The van der Waals surface area contributed by atoms with E-state index in [1.54, 1.807) is 0 Å². The maximum absolute atomic E-state index is 13.1.